The number of alkyl halides is 3. The molecule has 0 aliphatic carbocycles. The van der Waals surface area contributed by atoms with Crippen molar-refractivity contribution in [3.8, 4) is 5.88 Å². The van der Waals surface area contributed by atoms with Gasteiger partial charge in [0, 0.05) is 10.5 Å². The van der Waals surface area contributed by atoms with E-state index in [0.29, 0.717) is 9.99 Å². The highest BCUT2D eigenvalue weighted by atomic mass is 79.9. The van der Waals surface area contributed by atoms with Crippen LogP contribution in [0, 0.1) is 0 Å². The van der Waals surface area contributed by atoms with E-state index in [4.69, 9.17) is 4.74 Å². The van der Waals surface area contributed by atoms with E-state index in [1.165, 1.54) is 13.2 Å². The van der Waals surface area contributed by atoms with Gasteiger partial charge in [0.05, 0.1) is 12.6 Å². The first-order valence-corrected chi connectivity index (χ1v) is 5.02. The second-order valence-corrected chi connectivity index (χ2v) is 3.90. The maximum atomic E-state index is 12.5. The van der Waals surface area contributed by atoms with Crippen LogP contribution < -0.4 is 4.74 Å². The third-order valence-corrected chi connectivity index (χ3v) is 2.71. The molecule has 2 aromatic rings. The minimum Gasteiger partial charge on any atom is -0.481 e. The number of hydrogen-bond donors (Lipinski definition) is 0. The lowest BCUT2D eigenvalue weighted by molar-refractivity contribution is -0.141. The van der Waals surface area contributed by atoms with E-state index in [0.717, 1.165) is 10.6 Å². The van der Waals surface area contributed by atoms with Gasteiger partial charge in [-0.1, -0.05) is 0 Å². The molecule has 0 saturated heterocycles. The molecular weight excluding hydrogens is 289 g/mol. The Morgan fingerprint density at radius 1 is 1.38 bits per heavy atom. The van der Waals surface area contributed by atoms with Crippen LogP contribution in [0.5, 0.6) is 5.88 Å². The molecule has 0 amide bonds. The summed E-state index contributed by atoms with van der Waals surface area (Å²) in [5.74, 6) is 0.244. The van der Waals surface area contributed by atoms with Crippen LogP contribution in [0.1, 0.15) is 5.69 Å². The molecule has 0 unspecified atom stereocenters. The van der Waals surface area contributed by atoms with Crippen LogP contribution in [0.2, 0.25) is 0 Å². The van der Waals surface area contributed by atoms with Crippen molar-refractivity contribution >= 4 is 21.4 Å². The summed E-state index contributed by atoms with van der Waals surface area (Å²) in [7, 11) is 1.37. The Balaban J connectivity index is 2.73. The van der Waals surface area contributed by atoms with Gasteiger partial charge in [-0.25, -0.2) is 0 Å². The lowest BCUT2D eigenvalue weighted by Gasteiger charge is -2.03. The Hall–Kier alpha value is -1.24. The third-order valence-electron chi connectivity index (χ3n) is 2.03. The second kappa shape index (κ2) is 3.65. The summed E-state index contributed by atoms with van der Waals surface area (Å²) < 4.78 is 43.9. The number of methoxy groups -OCH3 is 1. The molecule has 0 N–H and O–H groups in total. The van der Waals surface area contributed by atoms with E-state index in [9.17, 15) is 13.2 Å². The van der Waals surface area contributed by atoms with Gasteiger partial charge in [-0.3, -0.25) is 0 Å². The second-order valence-electron chi connectivity index (χ2n) is 3.05. The monoisotopic (exact) mass is 294 g/mol. The van der Waals surface area contributed by atoms with Gasteiger partial charge in [0.1, 0.15) is 0 Å². The molecule has 0 spiro atoms. The van der Waals surface area contributed by atoms with Crippen LogP contribution >= 0.6 is 15.9 Å². The molecule has 0 aromatic carbocycles. The fourth-order valence-corrected chi connectivity index (χ4v) is 1.73. The van der Waals surface area contributed by atoms with Crippen LogP contribution in [0.15, 0.2) is 22.7 Å². The van der Waals surface area contributed by atoms with Crippen molar-refractivity contribution in [1.82, 2.24) is 9.61 Å². The van der Waals surface area contributed by atoms with Gasteiger partial charge in [0.15, 0.2) is 5.69 Å². The maximum Gasteiger partial charge on any atom is 0.435 e. The Labute approximate surface area is 96.9 Å². The zero-order valence-electron chi connectivity index (χ0n) is 8.05. The highest BCUT2D eigenvalue weighted by Gasteiger charge is 2.34. The predicted octanol–water partition coefficient (Wildman–Crippen LogP) is 3.12. The van der Waals surface area contributed by atoms with Gasteiger partial charge < -0.3 is 4.74 Å². The number of halogens is 4. The number of nitrogens with zero attached hydrogens (tertiary/aromatic N) is 2. The molecule has 2 heterocycles. The molecule has 7 heteroatoms. The van der Waals surface area contributed by atoms with E-state index < -0.39 is 11.9 Å². The number of ether oxygens (including phenoxy) is 1. The van der Waals surface area contributed by atoms with E-state index >= 15 is 0 Å². The SMILES string of the molecule is COc1ccc(Br)c2cc(C(F)(F)F)nn12. The zero-order valence-corrected chi connectivity index (χ0v) is 9.63. The zero-order chi connectivity index (χ0) is 11.9. The van der Waals surface area contributed by atoms with Crippen molar-refractivity contribution in [2.24, 2.45) is 0 Å². The minimum atomic E-state index is -4.46. The highest BCUT2D eigenvalue weighted by Crippen LogP contribution is 2.32. The molecule has 0 radical (unpaired) electrons. The summed E-state index contributed by atoms with van der Waals surface area (Å²) in [6.07, 6.45) is -4.46. The van der Waals surface area contributed by atoms with Crippen molar-refractivity contribution in [2.75, 3.05) is 7.11 Å². The van der Waals surface area contributed by atoms with Crippen LogP contribution in [-0.2, 0) is 6.18 Å². The van der Waals surface area contributed by atoms with Crippen molar-refractivity contribution in [2.45, 2.75) is 6.18 Å². The fraction of sp³-hybridized carbons (Fsp3) is 0.222. The topological polar surface area (TPSA) is 26.5 Å². The smallest absolute Gasteiger partial charge is 0.435 e. The molecule has 0 aliphatic rings. The van der Waals surface area contributed by atoms with E-state index in [1.54, 1.807) is 6.07 Å². The Morgan fingerprint density at radius 2 is 2.06 bits per heavy atom. The van der Waals surface area contributed by atoms with E-state index in [-0.39, 0.29) is 5.88 Å². The molecule has 0 saturated carbocycles. The lowest BCUT2D eigenvalue weighted by atomic mass is 10.3. The van der Waals surface area contributed by atoms with Crippen LogP contribution in [0.4, 0.5) is 13.2 Å². The van der Waals surface area contributed by atoms with E-state index in [2.05, 4.69) is 21.0 Å². The average molecular weight is 295 g/mol. The van der Waals surface area contributed by atoms with Gasteiger partial charge in [0.2, 0.25) is 5.88 Å². The Bertz CT molecular complexity index is 535. The molecule has 2 aromatic heterocycles. The van der Waals surface area contributed by atoms with Gasteiger partial charge in [-0.05, 0) is 28.1 Å². The molecule has 16 heavy (non-hydrogen) atoms. The van der Waals surface area contributed by atoms with E-state index in [1.807, 2.05) is 0 Å². The Kier molecular flexibility index (Phi) is 2.57. The van der Waals surface area contributed by atoms with Gasteiger partial charge in [-0.2, -0.15) is 22.8 Å². The number of fused-ring (bicyclic) bond motifs is 1. The molecular formula is C9H6BrF3N2O. The largest absolute Gasteiger partial charge is 0.481 e. The number of aromatic nitrogens is 2. The summed E-state index contributed by atoms with van der Waals surface area (Å²) in [5, 5.41) is 3.45. The normalized spacial score (nSPS) is 12.1. The minimum absolute atomic E-state index is 0.244. The number of hydrogen-bond acceptors (Lipinski definition) is 2. The molecule has 2 rings (SSSR count). The van der Waals surface area contributed by atoms with Gasteiger partial charge >= 0.3 is 6.18 Å². The number of rotatable bonds is 1. The van der Waals surface area contributed by atoms with Crippen molar-refractivity contribution < 1.29 is 17.9 Å². The Morgan fingerprint density at radius 3 is 2.62 bits per heavy atom. The van der Waals surface area contributed by atoms with Crippen LogP contribution in [-0.4, -0.2) is 16.7 Å². The quantitative estimate of drug-likeness (QED) is 0.808. The van der Waals surface area contributed by atoms with Gasteiger partial charge in [-0.15, -0.1) is 0 Å². The third kappa shape index (κ3) is 1.75. The standard InChI is InChI=1S/C9H6BrF3N2O/c1-16-8-3-2-5(10)6-4-7(9(11,12)13)14-15(6)8/h2-4H,1H3. The molecule has 0 atom stereocenters. The molecule has 0 aliphatic heterocycles. The molecule has 0 bridgehead atoms. The first-order valence-electron chi connectivity index (χ1n) is 4.23. The summed E-state index contributed by atoms with van der Waals surface area (Å²) in [6.45, 7) is 0. The van der Waals surface area contributed by atoms with Crippen LogP contribution in [0.3, 0.4) is 0 Å². The lowest BCUT2D eigenvalue weighted by Crippen LogP contribution is -2.06. The maximum absolute atomic E-state index is 12.5. The fourth-order valence-electron chi connectivity index (χ4n) is 1.31. The number of pyridine rings is 1. The predicted molar refractivity (Wildman–Crippen MR) is 54.4 cm³/mol. The first kappa shape index (κ1) is 11.3. The molecule has 3 nitrogen and oxygen atoms in total. The summed E-state index contributed by atoms with van der Waals surface area (Å²) in [6, 6.07) is 4.10. The summed E-state index contributed by atoms with van der Waals surface area (Å²) >= 11 is 3.16. The highest BCUT2D eigenvalue weighted by molar-refractivity contribution is 9.10. The summed E-state index contributed by atoms with van der Waals surface area (Å²) in [5.41, 5.74) is -0.635. The van der Waals surface area contributed by atoms with Crippen molar-refractivity contribution in [1.29, 1.82) is 0 Å². The van der Waals surface area contributed by atoms with Gasteiger partial charge in [0.25, 0.3) is 0 Å². The van der Waals surface area contributed by atoms with Crippen LogP contribution in [0.25, 0.3) is 5.52 Å². The first-order chi connectivity index (χ1) is 7.43. The van der Waals surface area contributed by atoms with Crippen molar-refractivity contribution in [3.63, 3.8) is 0 Å². The van der Waals surface area contributed by atoms with Crippen molar-refractivity contribution in [3.05, 3.63) is 28.4 Å². The molecule has 86 valence electrons. The average Bonchev–Trinajstić information content (AvgIpc) is 2.63. The molecule has 0 fully saturated rings. The summed E-state index contributed by atoms with van der Waals surface area (Å²) in [4.78, 5) is 0.